The zero-order valence-corrected chi connectivity index (χ0v) is 30.7. The van der Waals surface area contributed by atoms with Crippen molar-refractivity contribution in [1.82, 2.24) is 19.4 Å². The number of anilines is 4. The van der Waals surface area contributed by atoms with Crippen molar-refractivity contribution >= 4 is 69.1 Å². The third-order valence-electron chi connectivity index (χ3n) is 7.90. The molecule has 2 amide bonds. The van der Waals surface area contributed by atoms with Gasteiger partial charge in [0.05, 0.1) is 47.7 Å². The van der Waals surface area contributed by atoms with Crippen molar-refractivity contribution in [1.29, 1.82) is 0 Å². The number of nitrogens with zero attached hydrogens (tertiary/aromatic N) is 4. The molecule has 3 aromatic carbocycles. The lowest BCUT2D eigenvalue weighted by Gasteiger charge is -2.18. The molecule has 0 saturated carbocycles. The van der Waals surface area contributed by atoms with Gasteiger partial charge in [0.2, 0.25) is 17.8 Å². The normalized spacial score (nSPS) is 11.2. The third kappa shape index (κ3) is 8.43. The summed E-state index contributed by atoms with van der Waals surface area (Å²) < 4.78 is 12.4. The van der Waals surface area contributed by atoms with Gasteiger partial charge in [-0.3, -0.25) is 19.0 Å². The van der Waals surface area contributed by atoms with Crippen LogP contribution in [0.5, 0.6) is 11.5 Å². The summed E-state index contributed by atoms with van der Waals surface area (Å²) in [5, 5.41) is 9.60. The molecule has 0 bridgehead atoms. The number of carbonyl (C=O) groups is 2. The Bertz CT molecular complexity index is 2240. The number of ether oxygens (including phenoxy) is 2. The quantitative estimate of drug-likeness (QED) is 0.108. The summed E-state index contributed by atoms with van der Waals surface area (Å²) in [6, 6.07) is 15.7. The molecule has 0 aliphatic carbocycles. The van der Waals surface area contributed by atoms with E-state index in [1.54, 1.807) is 54.7 Å². The first-order valence-electron chi connectivity index (χ1n) is 16.0. The third-order valence-corrected chi connectivity index (χ3v) is 8.65. The molecule has 5 rings (SSSR count). The second-order valence-electron chi connectivity index (χ2n) is 11.9. The van der Waals surface area contributed by atoms with Gasteiger partial charge in [-0.2, -0.15) is 4.98 Å². The number of methoxy groups -OCH3 is 2. The van der Waals surface area contributed by atoms with Gasteiger partial charge < -0.3 is 30.3 Å². The highest BCUT2D eigenvalue weighted by Gasteiger charge is 2.24. The van der Waals surface area contributed by atoms with Gasteiger partial charge in [-0.1, -0.05) is 60.1 Å². The van der Waals surface area contributed by atoms with E-state index in [0.717, 1.165) is 5.56 Å². The molecule has 14 heteroatoms. The van der Waals surface area contributed by atoms with E-state index < -0.39 is 5.56 Å². The number of aromatic nitrogens is 3. The molecule has 5 aromatic rings. The van der Waals surface area contributed by atoms with Crippen LogP contribution in [0.1, 0.15) is 11.1 Å². The molecule has 0 fully saturated rings. The fourth-order valence-corrected chi connectivity index (χ4v) is 6.09. The molecular formula is C38H37Cl2N7O5. The van der Waals surface area contributed by atoms with E-state index in [-0.39, 0.29) is 57.0 Å². The Kier molecular flexibility index (Phi) is 12.0. The topological polar surface area (TPSA) is 140 Å². The summed E-state index contributed by atoms with van der Waals surface area (Å²) >= 11 is 13.6. The zero-order valence-electron chi connectivity index (χ0n) is 29.2. The Labute approximate surface area is 310 Å². The van der Waals surface area contributed by atoms with Crippen molar-refractivity contribution in [2.45, 2.75) is 13.5 Å². The van der Waals surface area contributed by atoms with Gasteiger partial charge in [-0.15, -0.1) is 0 Å². The standard InChI is InChI=1S/C38H37Cl2N7O5/c1-7-30(48)43-27-14-8-11-22(2)35(27)44-38-41-20-24-18-26(32-33(39)28(51-5)19-29(52-6)34(32)40)37(50)47(36(24)45-38)21-23-12-9-13-25(17-23)42-31(49)15-10-16-46(3)4/h7-15,17-20H,1,16,21H2,2-6H3,(H,42,49)(H,43,48)(H,41,44,45)/b15-10+. The number of para-hydroxylation sites is 1. The van der Waals surface area contributed by atoms with E-state index in [9.17, 15) is 14.4 Å². The SMILES string of the molecule is C=CC(=O)Nc1cccc(C)c1Nc1ncc2cc(-c3c(Cl)c(OC)cc(OC)c3Cl)c(=O)n(Cc3cccc(NC(=O)/C=C/CN(C)C)c3)c2n1. The molecule has 3 N–H and O–H groups in total. The number of nitrogens with one attached hydrogen (secondary N) is 3. The molecule has 2 heterocycles. The van der Waals surface area contributed by atoms with Crippen LogP contribution in [-0.4, -0.2) is 66.1 Å². The van der Waals surface area contributed by atoms with Gasteiger partial charge >= 0.3 is 0 Å². The lowest BCUT2D eigenvalue weighted by Crippen LogP contribution is -2.24. The molecule has 0 unspecified atom stereocenters. The van der Waals surface area contributed by atoms with Crippen LogP contribution in [0.15, 0.2) is 90.4 Å². The van der Waals surface area contributed by atoms with Gasteiger partial charge in [0.15, 0.2) is 0 Å². The van der Waals surface area contributed by atoms with E-state index >= 15 is 0 Å². The van der Waals surface area contributed by atoms with Crippen molar-refractivity contribution in [2.24, 2.45) is 0 Å². The summed E-state index contributed by atoms with van der Waals surface area (Å²) in [7, 11) is 6.72. The van der Waals surface area contributed by atoms with Gasteiger partial charge in [-0.05, 0) is 62.5 Å². The fourth-order valence-electron chi connectivity index (χ4n) is 5.38. The number of fused-ring (bicyclic) bond motifs is 1. The Morgan fingerprint density at radius 2 is 1.69 bits per heavy atom. The number of rotatable bonds is 13. The number of hydrogen-bond donors (Lipinski definition) is 3. The number of carbonyl (C=O) groups excluding carboxylic acids is 2. The zero-order chi connectivity index (χ0) is 37.5. The highest BCUT2D eigenvalue weighted by atomic mass is 35.5. The monoisotopic (exact) mass is 741 g/mol. The molecule has 0 saturated heterocycles. The highest BCUT2D eigenvalue weighted by molar-refractivity contribution is 6.41. The molecule has 12 nitrogen and oxygen atoms in total. The summed E-state index contributed by atoms with van der Waals surface area (Å²) in [5.74, 6) is 0.0226. The van der Waals surface area contributed by atoms with Crippen LogP contribution in [-0.2, 0) is 16.1 Å². The van der Waals surface area contributed by atoms with Crippen LogP contribution in [0.4, 0.5) is 23.0 Å². The summed E-state index contributed by atoms with van der Waals surface area (Å²) in [5.41, 5.74) is 3.30. The summed E-state index contributed by atoms with van der Waals surface area (Å²) in [6.07, 6.45) is 5.98. The minimum Gasteiger partial charge on any atom is -0.495 e. The number of pyridine rings is 1. The van der Waals surface area contributed by atoms with Crippen LogP contribution in [0, 0.1) is 6.92 Å². The van der Waals surface area contributed by atoms with E-state index in [1.807, 2.05) is 38.1 Å². The van der Waals surface area contributed by atoms with Crippen molar-refractivity contribution < 1.29 is 19.1 Å². The van der Waals surface area contributed by atoms with Crippen molar-refractivity contribution in [3.8, 4) is 22.6 Å². The first-order chi connectivity index (χ1) is 24.9. The minimum absolute atomic E-state index is 0.0428. The maximum absolute atomic E-state index is 14.6. The van der Waals surface area contributed by atoms with E-state index in [0.29, 0.717) is 40.2 Å². The number of benzene rings is 3. The smallest absolute Gasteiger partial charge is 0.260 e. The number of halogens is 2. The van der Waals surface area contributed by atoms with E-state index in [2.05, 4.69) is 27.5 Å². The molecule has 0 aliphatic heterocycles. The molecule has 0 atom stereocenters. The summed E-state index contributed by atoms with van der Waals surface area (Å²) in [4.78, 5) is 50.6. The van der Waals surface area contributed by atoms with E-state index in [1.165, 1.54) is 30.9 Å². The molecule has 0 spiro atoms. The number of aryl methyl sites for hydroxylation is 1. The van der Waals surface area contributed by atoms with Crippen LogP contribution in [0.3, 0.4) is 0 Å². The first-order valence-corrected chi connectivity index (χ1v) is 16.7. The average Bonchev–Trinajstić information content (AvgIpc) is 3.11. The molecule has 0 aliphatic rings. The van der Waals surface area contributed by atoms with Crippen molar-refractivity contribution in [3.63, 3.8) is 0 Å². The Morgan fingerprint density at radius 1 is 0.981 bits per heavy atom. The van der Waals surface area contributed by atoms with E-state index in [4.69, 9.17) is 37.7 Å². The second kappa shape index (κ2) is 16.6. The maximum Gasteiger partial charge on any atom is 0.260 e. The van der Waals surface area contributed by atoms with Gasteiger partial charge in [0.25, 0.3) is 5.56 Å². The van der Waals surface area contributed by atoms with Crippen LogP contribution >= 0.6 is 23.2 Å². The predicted octanol–water partition coefficient (Wildman–Crippen LogP) is 7.06. The molecule has 268 valence electrons. The van der Waals surface area contributed by atoms with Crippen molar-refractivity contribution in [3.05, 3.63) is 117 Å². The van der Waals surface area contributed by atoms with Crippen LogP contribution in [0.25, 0.3) is 22.2 Å². The summed E-state index contributed by atoms with van der Waals surface area (Å²) in [6.45, 7) is 6.05. The molecule has 52 heavy (non-hydrogen) atoms. The number of hydrogen-bond acceptors (Lipinski definition) is 9. The average molecular weight is 743 g/mol. The van der Waals surface area contributed by atoms with Gasteiger partial charge in [0, 0.05) is 41.5 Å². The van der Waals surface area contributed by atoms with Gasteiger partial charge in [0.1, 0.15) is 17.1 Å². The fraction of sp³-hybridized carbons (Fsp3) is 0.184. The highest BCUT2D eigenvalue weighted by Crippen LogP contribution is 2.45. The Hall–Kier alpha value is -5.69. The lowest BCUT2D eigenvalue weighted by atomic mass is 10.0. The maximum atomic E-state index is 14.6. The Balaban J connectivity index is 1.66. The second-order valence-corrected chi connectivity index (χ2v) is 12.6. The van der Waals surface area contributed by atoms with Crippen molar-refractivity contribution in [2.75, 3.05) is 50.8 Å². The largest absolute Gasteiger partial charge is 0.495 e. The lowest BCUT2D eigenvalue weighted by molar-refractivity contribution is -0.112. The molecule has 2 aromatic heterocycles. The molecule has 0 radical (unpaired) electrons. The Morgan fingerprint density at radius 3 is 2.37 bits per heavy atom. The number of amides is 2. The first kappa shape index (κ1) is 37.6. The predicted molar refractivity (Wildman–Crippen MR) is 208 cm³/mol. The van der Waals surface area contributed by atoms with Crippen LogP contribution in [0.2, 0.25) is 10.0 Å². The van der Waals surface area contributed by atoms with Gasteiger partial charge in [-0.25, -0.2) is 4.98 Å². The number of likely N-dealkylation sites (N-methyl/N-ethyl adjacent to an activating group) is 1. The molecular weight excluding hydrogens is 705 g/mol. The van der Waals surface area contributed by atoms with Crippen LogP contribution < -0.4 is 31.0 Å². The minimum atomic E-state index is -0.466.